The van der Waals surface area contributed by atoms with E-state index in [1.54, 1.807) is 6.08 Å². The van der Waals surface area contributed by atoms with Crippen LogP contribution in [0.25, 0.3) is 12.2 Å². The summed E-state index contributed by atoms with van der Waals surface area (Å²) in [5, 5.41) is 10.1. The second kappa shape index (κ2) is 6.72. The van der Waals surface area contributed by atoms with Gasteiger partial charge in [-0.05, 0) is 23.1 Å². The van der Waals surface area contributed by atoms with E-state index >= 15 is 0 Å². The van der Waals surface area contributed by atoms with Crippen molar-refractivity contribution < 1.29 is 5.11 Å². The molecular formula is C18H18O. The zero-order valence-corrected chi connectivity index (χ0v) is 10.9. The molecule has 0 radical (unpaired) electrons. The van der Waals surface area contributed by atoms with Crippen LogP contribution < -0.4 is 0 Å². The van der Waals surface area contributed by atoms with E-state index in [1.165, 1.54) is 0 Å². The summed E-state index contributed by atoms with van der Waals surface area (Å²) in [6.07, 6.45) is 5.91. The fourth-order valence-electron chi connectivity index (χ4n) is 2.00. The van der Waals surface area contributed by atoms with Gasteiger partial charge in [0.05, 0.1) is 6.10 Å². The number of rotatable bonds is 5. The summed E-state index contributed by atoms with van der Waals surface area (Å²) in [7, 11) is 0. The minimum absolute atomic E-state index is 0.492. The molecule has 0 aliphatic carbocycles. The topological polar surface area (TPSA) is 20.2 Å². The van der Waals surface area contributed by atoms with Crippen molar-refractivity contribution in [1.82, 2.24) is 0 Å². The van der Waals surface area contributed by atoms with E-state index in [1.807, 2.05) is 48.5 Å². The Bertz CT molecular complexity index is 555. The molecule has 2 aromatic rings. The van der Waals surface area contributed by atoms with Crippen LogP contribution in [0.1, 0.15) is 29.2 Å². The Balaban J connectivity index is 2.25. The lowest BCUT2D eigenvalue weighted by molar-refractivity contribution is 0.181. The SMILES string of the molecule is C=CCC(O)c1ccccc1/C=C/c1ccccc1. The van der Waals surface area contributed by atoms with Gasteiger partial charge in [-0.3, -0.25) is 0 Å². The second-order valence-electron chi connectivity index (χ2n) is 4.41. The van der Waals surface area contributed by atoms with Crippen molar-refractivity contribution in [3.8, 4) is 0 Å². The van der Waals surface area contributed by atoms with Crippen LogP contribution in [0.2, 0.25) is 0 Å². The fraction of sp³-hybridized carbons (Fsp3) is 0.111. The molecule has 0 heterocycles. The highest BCUT2D eigenvalue weighted by atomic mass is 16.3. The quantitative estimate of drug-likeness (QED) is 0.613. The molecule has 19 heavy (non-hydrogen) atoms. The van der Waals surface area contributed by atoms with Crippen molar-refractivity contribution >= 4 is 12.2 Å². The number of aliphatic hydroxyl groups is 1. The Morgan fingerprint density at radius 2 is 1.63 bits per heavy atom. The van der Waals surface area contributed by atoms with Crippen molar-refractivity contribution in [2.45, 2.75) is 12.5 Å². The van der Waals surface area contributed by atoms with E-state index in [-0.39, 0.29) is 0 Å². The average molecular weight is 250 g/mol. The third kappa shape index (κ3) is 3.67. The number of aliphatic hydroxyl groups excluding tert-OH is 1. The molecule has 0 amide bonds. The first kappa shape index (κ1) is 13.3. The average Bonchev–Trinajstić information content (AvgIpc) is 2.47. The van der Waals surface area contributed by atoms with Crippen LogP contribution in [-0.2, 0) is 0 Å². The molecule has 1 heteroatoms. The minimum Gasteiger partial charge on any atom is -0.388 e. The Hall–Kier alpha value is -2.12. The lowest BCUT2D eigenvalue weighted by Gasteiger charge is -2.11. The van der Waals surface area contributed by atoms with Crippen LogP contribution in [0.3, 0.4) is 0 Å². The van der Waals surface area contributed by atoms with Crippen molar-refractivity contribution in [3.05, 3.63) is 83.9 Å². The van der Waals surface area contributed by atoms with Gasteiger partial charge < -0.3 is 5.11 Å². The number of benzene rings is 2. The molecule has 0 saturated carbocycles. The minimum atomic E-state index is -0.492. The van der Waals surface area contributed by atoms with Crippen molar-refractivity contribution in [3.63, 3.8) is 0 Å². The van der Waals surface area contributed by atoms with Crippen LogP contribution in [0.15, 0.2) is 67.3 Å². The first-order valence-electron chi connectivity index (χ1n) is 6.42. The van der Waals surface area contributed by atoms with Crippen LogP contribution in [0.4, 0.5) is 0 Å². The summed E-state index contributed by atoms with van der Waals surface area (Å²) >= 11 is 0. The van der Waals surface area contributed by atoms with Gasteiger partial charge in [-0.1, -0.05) is 72.8 Å². The van der Waals surface area contributed by atoms with Crippen LogP contribution >= 0.6 is 0 Å². The fourth-order valence-corrected chi connectivity index (χ4v) is 2.00. The monoisotopic (exact) mass is 250 g/mol. The third-order valence-corrected chi connectivity index (χ3v) is 3.00. The molecule has 2 aromatic carbocycles. The Morgan fingerprint density at radius 3 is 2.37 bits per heavy atom. The summed E-state index contributed by atoms with van der Waals surface area (Å²) in [4.78, 5) is 0. The maximum Gasteiger partial charge on any atom is 0.0830 e. The van der Waals surface area contributed by atoms with Gasteiger partial charge in [0.15, 0.2) is 0 Å². The van der Waals surface area contributed by atoms with E-state index in [0.717, 1.165) is 16.7 Å². The molecule has 0 spiro atoms. The molecule has 0 saturated heterocycles. The molecule has 1 unspecified atom stereocenters. The standard InChI is InChI=1S/C18H18O/c1-2-8-18(19)17-12-7-6-11-16(17)14-13-15-9-4-3-5-10-15/h2-7,9-14,18-19H,1,8H2/b14-13+. The second-order valence-corrected chi connectivity index (χ2v) is 4.41. The first-order valence-corrected chi connectivity index (χ1v) is 6.42. The summed E-state index contributed by atoms with van der Waals surface area (Å²) in [6, 6.07) is 18.0. The Kier molecular flexibility index (Phi) is 4.71. The Morgan fingerprint density at radius 1 is 0.947 bits per heavy atom. The van der Waals surface area contributed by atoms with Gasteiger partial charge in [-0.15, -0.1) is 6.58 Å². The molecule has 1 atom stereocenters. The van der Waals surface area contributed by atoms with Gasteiger partial charge in [-0.25, -0.2) is 0 Å². The first-order chi connectivity index (χ1) is 9.31. The van der Waals surface area contributed by atoms with Gasteiger partial charge in [0.2, 0.25) is 0 Å². The number of hydrogen-bond donors (Lipinski definition) is 1. The lowest BCUT2D eigenvalue weighted by atomic mass is 9.99. The number of hydrogen-bond acceptors (Lipinski definition) is 1. The molecule has 0 aliphatic rings. The van der Waals surface area contributed by atoms with E-state index in [2.05, 4.69) is 24.8 Å². The summed E-state index contributed by atoms with van der Waals surface area (Å²) in [5.74, 6) is 0. The maximum atomic E-state index is 10.1. The van der Waals surface area contributed by atoms with E-state index in [9.17, 15) is 5.11 Å². The van der Waals surface area contributed by atoms with Crippen LogP contribution in [-0.4, -0.2) is 5.11 Å². The van der Waals surface area contributed by atoms with Crippen LogP contribution in [0.5, 0.6) is 0 Å². The molecule has 0 fully saturated rings. The van der Waals surface area contributed by atoms with Gasteiger partial charge in [0, 0.05) is 0 Å². The summed E-state index contributed by atoms with van der Waals surface area (Å²) < 4.78 is 0. The normalized spacial score (nSPS) is 12.5. The smallest absolute Gasteiger partial charge is 0.0830 e. The Labute approximate surface area is 114 Å². The van der Waals surface area contributed by atoms with E-state index in [0.29, 0.717) is 6.42 Å². The van der Waals surface area contributed by atoms with Crippen molar-refractivity contribution in [1.29, 1.82) is 0 Å². The van der Waals surface area contributed by atoms with E-state index in [4.69, 9.17) is 0 Å². The maximum absolute atomic E-state index is 10.1. The molecular weight excluding hydrogens is 232 g/mol. The van der Waals surface area contributed by atoms with E-state index < -0.39 is 6.10 Å². The highest BCUT2D eigenvalue weighted by molar-refractivity contribution is 5.71. The zero-order chi connectivity index (χ0) is 13.5. The van der Waals surface area contributed by atoms with Crippen LogP contribution in [0, 0.1) is 0 Å². The molecule has 0 aromatic heterocycles. The molecule has 96 valence electrons. The van der Waals surface area contributed by atoms with Gasteiger partial charge in [0.1, 0.15) is 0 Å². The zero-order valence-electron chi connectivity index (χ0n) is 10.9. The predicted octanol–water partition coefficient (Wildman–Crippen LogP) is 4.47. The highest BCUT2D eigenvalue weighted by Crippen LogP contribution is 2.23. The molecule has 0 aliphatic heterocycles. The summed E-state index contributed by atoms with van der Waals surface area (Å²) in [6.45, 7) is 3.67. The molecule has 0 bridgehead atoms. The lowest BCUT2D eigenvalue weighted by Crippen LogP contribution is -1.98. The largest absolute Gasteiger partial charge is 0.388 e. The summed E-state index contributed by atoms with van der Waals surface area (Å²) in [5.41, 5.74) is 3.13. The molecule has 1 N–H and O–H groups in total. The van der Waals surface area contributed by atoms with Gasteiger partial charge >= 0.3 is 0 Å². The highest BCUT2D eigenvalue weighted by Gasteiger charge is 2.08. The predicted molar refractivity (Wildman–Crippen MR) is 81.6 cm³/mol. The van der Waals surface area contributed by atoms with Crippen molar-refractivity contribution in [2.24, 2.45) is 0 Å². The van der Waals surface area contributed by atoms with Gasteiger partial charge in [-0.2, -0.15) is 0 Å². The van der Waals surface area contributed by atoms with Crippen molar-refractivity contribution in [2.75, 3.05) is 0 Å². The molecule has 2 rings (SSSR count). The van der Waals surface area contributed by atoms with Gasteiger partial charge in [0.25, 0.3) is 0 Å². The molecule has 1 nitrogen and oxygen atoms in total. The third-order valence-electron chi connectivity index (χ3n) is 3.00.